The van der Waals surface area contributed by atoms with E-state index in [0.717, 1.165) is 11.1 Å². The topological polar surface area (TPSA) is 60.2 Å². The van der Waals surface area contributed by atoms with Crippen LogP contribution in [0.15, 0.2) is 53.1 Å². The summed E-state index contributed by atoms with van der Waals surface area (Å²) >= 11 is 0. The van der Waals surface area contributed by atoms with Gasteiger partial charge in [0.2, 0.25) is 0 Å². The van der Waals surface area contributed by atoms with Gasteiger partial charge < -0.3 is 14.6 Å². The van der Waals surface area contributed by atoms with Crippen LogP contribution < -0.4 is 10.1 Å². The van der Waals surface area contributed by atoms with Crippen molar-refractivity contribution in [2.75, 3.05) is 7.05 Å². The molecule has 1 aromatic heterocycles. The number of nitrogens with zero attached hydrogens (tertiary/aromatic N) is 2. The van der Waals surface area contributed by atoms with Crippen molar-refractivity contribution in [3.05, 3.63) is 65.7 Å². The first-order chi connectivity index (χ1) is 12.1. The van der Waals surface area contributed by atoms with E-state index in [-0.39, 0.29) is 11.9 Å². The minimum Gasteiger partial charge on any atom is -0.489 e. The molecular weight excluding hydrogens is 321 g/mol. The Morgan fingerprint density at radius 3 is 2.84 bits per heavy atom. The van der Waals surface area contributed by atoms with Crippen molar-refractivity contribution in [1.29, 1.82) is 0 Å². The first kappa shape index (κ1) is 17.1. The van der Waals surface area contributed by atoms with E-state index in [4.69, 9.17) is 9.26 Å². The van der Waals surface area contributed by atoms with Gasteiger partial charge >= 0.3 is 0 Å². The second kappa shape index (κ2) is 7.90. The first-order valence-corrected chi connectivity index (χ1v) is 8.11. The van der Waals surface area contributed by atoms with Gasteiger partial charge in [0.25, 0.3) is 5.89 Å². The molecule has 0 amide bonds. The highest BCUT2D eigenvalue weighted by Crippen LogP contribution is 2.20. The number of halogens is 1. The van der Waals surface area contributed by atoms with Crippen molar-refractivity contribution in [2.45, 2.75) is 26.0 Å². The minimum atomic E-state index is -0.319. The lowest BCUT2D eigenvalue weighted by molar-refractivity contribution is 0.304. The molecule has 2 aromatic carbocycles. The Morgan fingerprint density at radius 1 is 1.20 bits per heavy atom. The number of benzene rings is 2. The Labute approximate surface area is 145 Å². The van der Waals surface area contributed by atoms with Crippen LogP contribution in [0.5, 0.6) is 5.75 Å². The van der Waals surface area contributed by atoms with E-state index in [2.05, 4.69) is 22.4 Å². The number of hydrogen-bond acceptors (Lipinski definition) is 5. The second-order valence-corrected chi connectivity index (χ2v) is 5.86. The number of likely N-dealkylation sites (N-methyl/N-ethyl adjacent to an activating group) is 1. The van der Waals surface area contributed by atoms with Gasteiger partial charge in [-0.15, -0.1) is 0 Å². The van der Waals surface area contributed by atoms with Crippen molar-refractivity contribution >= 4 is 0 Å². The quantitative estimate of drug-likeness (QED) is 0.711. The maximum Gasteiger partial charge on any atom is 0.257 e. The van der Waals surface area contributed by atoms with Gasteiger partial charge in [-0.05, 0) is 43.8 Å². The molecule has 130 valence electrons. The van der Waals surface area contributed by atoms with E-state index in [0.29, 0.717) is 30.5 Å². The third-order valence-corrected chi connectivity index (χ3v) is 3.83. The maximum absolute atomic E-state index is 13.2. The van der Waals surface area contributed by atoms with Gasteiger partial charge in [0.05, 0.1) is 0 Å². The largest absolute Gasteiger partial charge is 0.489 e. The molecule has 0 saturated heterocycles. The third kappa shape index (κ3) is 4.64. The highest BCUT2D eigenvalue weighted by Gasteiger charge is 2.11. The molecule has 0 aliphatic heterocycles. The lowest BCUT2D eigenvalue weighted by Gasteiger charge is -2.07. The van der Waals surface area contributed by atoms with Crippen LogP contribution in [-0.4, -0.2) is 23.2 Å². The molecule has 6 heteroatoms. The predicted molar refractivity (Wildman–Crippen MR) is 92.7 cm³/mol. The Balaban J connectivity index is 1.69. The molecule has 0 saturated carbocycles. The van der Waals surface area contributed by atoms with Crippen LogP contribution in [0.2, 0.25) is 0 Å². The molecule has 0 aliphatic carbocycles. The zero-order chi connectivity index (χ0) is 17.6. The van der Waals surface area contributed by atoms with E-state index in [1.165, 1.54) is 12.1 Å². The normalized spacial score (nSPS) is 12.1. The SMILES string of the molecule is CNC(C)Cc1noc(-c2cccc(COc3cccc(F)c3)c2)n1. The fourth-order valence-electron chi connectivity index (χ4n) is 2.35. The van der Waals surface area contributed by atoms with E-state index in [1.807, 2.05) is 31.3 Å². The van der Waals surface area contributed by atoms with Gasteiger partial charge in [0.1, 0.15) is 18.2 Å². The number of aromatic nitrogens is 2. The van der Waals surface area contributed by atoms with Crippen molar-refractivity contribution in [1.82, 2.24) is 15.5 Å². The third-order valence-electron chi connectivity index (χ3n) is 3.83. The van der Waals surface area contributed by atoms with Gasteiger partial charge in [-0.3, -0.25) is 0 Å². The Bertz CT molecular complexity index is 835. The summed E-state index contributed by atoms with van der Waals surface area (Å²) in [6.45, 7) is 2.38. The van der Waals surface area contributed by atoms with Gasteiger partial charge in [-0.25, -0.2) is 4.39 Å². The summed E-state index contributed by atoms with van der Waals surface area (Å²) in [5.74, 6) is 1.32. The van der Waals surface area contributed by atoms with Crippen molar-refractivity contribution < 1.29 is 13.7 Å². The van der Waals surface area contributed by atoms with Crippen LogP contribution in [0.25, 0.3) is 11.5 Å². The van der Waals surface area contributed by atoms with Crippen LogP contribution in [0.4, 0.5) is 4.39 Å². The van der Waals surface area contributed by atoms with Gasteiger partial charge in [0.15, 0.2) is 5.82 Å². The molecule has 0 aliphatic rings. The monoisotopic (exact) mass is 341 g/mol. The first-order valence-electron chi connectivity index (χ1n) is 8.11. The second-order valence-electron chi connectivity index (χ2n) is 5.86. The highest BCUT2D eigenvalue weighted by atomic mass is 19.1. The summed E-state index contributed by atoms with van der Waals surface area (Å²) in [6.07, 6.45) is 0.697. The number of rotatable bonds is 7. The van der Waals surface area contributed by atoms with E-state index < -0.39 is 0 Å². The maximum atomic E-state index is 13.2. The predicted octanol–water partition coefficient (Wildman–Crippen LogP) is 3.61. The van der Waals surface area contributed by atoms with Crippen molar-refractivity contribution in [3.8, 4) is 17.2 Å². The van der Waals surface area contributed by atoms with Crippen LogP contribution >= 0.6 is 0 Å². The molecule has 25 heavy (non-hydrogen) atoms. The average molecular weight is 341 g/mol. The Kier molecular flexibility index (Phi) is 5.40. The van der Waals surface area contributed by atoms with Crippen molar-refractivity contribution in [3.63, 3.8) is 0 Å². The summed E-state index contributed by atoms with van der Waals surface area (Å²) in [6, 6.07) is 14.0. The lowest BCUT2D eigenvalue weighted by atomic mass is 10.1. The minimum absolute atomic E-state index is 0.274. The average Bonchev–Trinajstić information content (AvgIpc) is 3.09. The van der Waals surface area contributed by atoms with Gasteiger partial charge in [0, 0.05) is 24.1 Å². The fourth-order valence-corrected chi connectivity index (χ4v) is 2.35. The molecule has 3 aromatic rings. The fraction of sp³-hybridized carbons (Fsp3) is 0.263. The molecule has 0 spiro atoms. The molecule has 0 bridgehead atoms. The summed E-state index contributed by atoms with van der Waals surface area (Å²) < 4.78 is 24.2. The zero-order valence-electron chi connectivity index (χ0n) is 14.2. The van der Waals surface area contributed by atoms with Crippen LogP contribution in [0, 0.1) is 5.82 Å². The molecule has 1 heterocycles. The van der Waals surface area contributed by atoms with Gasteiger partial charge in [-0.2, -0.15) is 4.98 Å². The summed E-state index contributed by atoms with van der Waals surface area (Å²) in [5, 5.41) is 7.16. The lowest BCUT2D eigenvalue weighted by Crippen LogP contribution is -2.24. The van der Waals surface area contributed by atoms with E-state index >= 15 is 0 Å². The molecular formula is C19H20FN3O2. The van der Waals surface area contributed by atoms with E-state index in [9.17, 15) is 4.39 Å². The van der Waals surface area contributed by atoms with Crippen molar-refractivity contribution in [2.24, 2.45) is 0 Å². The zero-order valence-corrected chi connectivity index (χ0v) is 14.2. The summed E-state index contributed by atoms with van der Waals surface area (Å²) in [5.41, 5.74) is 1.77. The molecule has 0 radical (unpaired) electrons. The smallest absolute Gasteiger partial charge is 0.257 e. The highest BCUT2D eigenvalue weighted by molar-refractivity contribution is 5.54. The molecule has 5 nitrogen and oxygen atoms in total. The Morgan fingerprint density at radius 2 is 2.04 bits per heavy atom. The number of hydrogen-bond donors (Lipinski definition) is 1. The van der Waals surface area contributed by atoms with Gasteiger partial charge in [-0.1, -0.05) is 23.4 Å². The van der Waals surface area contributed by atoms with Crippen LogP contribution in [-0.2, 0) is 13.0 Å². The molecule has 1 N–H and O–H groups in total. The van der Waals surface area contributed by atoms with E-state index in [1.54, 1.807) is 12.1 Å². The molecule has 3 rings (SSSR count). The molecule has 1 atom stereocenters. The number of ether oxygens (including phenoxy) is 1. The number of nitrogens with one attached hydrogen (secondary N) is 1. The summed E-state index contributed by atoms with van der Waals surface area (Å²) in [7, 11) is 1.90. The molecule has 1 unspecified atom stereocenters. The van der Waals surface area contributed by atoms with Crippen LogP contribution in [0.3, 0.4) is 0 Å². The Hall–Kier alpha value is -2.73. The standard InChI is InChI=1S/C19H20FN3O2/c1-13(21-2)9-18-22-19(25-23-18)15-6-3-5-14(10-15)12-24-17-8-4-7-16(20)11-17/h3-8,10-11,13,21H,9,12H2,1-2H3. The summed E-state index contributed by atoms with van der Waals surface area (Å²) in [4.78, 5) is 4.43. The molecule has 0 fully saturated rings. The van der Waals surface area contributed by atoms with Crippen LogP contribution in [0.1, 0.15) is 18.3 Å².